The van der Waals surface area contributed by atoms with Gasteiger partial charge >= 0.3 is 0 Å². The second-order valence-electron chi connectivity index (χ2n) is 7.09. The van der Waals surface area contributed by atoms with Crippen molar-refractivity contribution in [3.8, 4) is 28.5 Å². The van der Waals surface area contributed by atoms with Crippen molar-refractivity contribution >= 4 is 11.7 Å². The number of carbonyl (C=O) groups is 2. The molecule has 0 radical (unpaired) electrons. The van der Waals surface area contributed by atoms with Gasteiger partial charge in [0.15, 0.2) is 23.9 Å². The molecular formula is C24H25N3O6. The van der Waals surface area contributed by atoms with Gasteiger partial charge in [0.25, 0.3) is 11.5 Å². The Labute approximate surface area is 190 Å². The maximum atomic E-state index is 12.4. The van der Waals surface area contributed by atoms with Crippen LogP contribution in [0.25, 0.3) is 11.3 Å². The molecule has 0 unspecified atom stereocenters. The number of hydrogen-bond donors (Lipinski definition) is 1. The molecule has 0 atom stereocenters. The molecule has 1 heterocycles. The quantitative estimate of drug-likeness (QED) is 0.471. The van der Waals surface area contributed by atoms with Crippen LogP contribution >= 0.6 is 0 Å². The topological polar surface area (TPSA) is 109 Å². The monoisotopic (exact) mass is 451 g/mol. The van der Waals surface area contributed by atoms with Crippen molar-refractivity contribution in [1.29, 1.82) is 0 Å². The Bertz CT molecular complexity index is 1190. The average molecular weight is 451 g/mol. The molecule has 3 aromatic rings. The summed E-state index contributed by atoms with van der Waals surface area (Å²) in [6.07, 6.45) is 1.45. The van der Waals surface area contributed by atoms with Crippen LogP contribution in [0, 0.1) is 0 Å². The van der Waals surface area contributed by atoms with Crippen molar-refractivity contribution < 1.29 is 23.8 Å². The highest BCUT2D eigenvalue weighted by Gasteiger charge is 2.11. The molecular weight excluding hydrogens is 426 g/mol. The van der Waals surface area contributed by atoms with Crippen molar-refractivity contribution in [2.24, 2.45) is 0 Å². The Morgan fingerprint density at radius 3 is 2.39 bits per heavy atom. The van der Waals surface area contributed by atoms with Gasteiger partial charge in [-0.2, -0.15) is 0 Å². The van der Waals surface area contributed by atoms with E-state index in [4.69, 9.17) is 14.2 Å². The fraction of sp³-hybridized carbons (Fsp3) is 0.250. The summed E-state index contributed by atoms with van der Waals surface area (Å²) in [7, 11) is 3.04. The van der Waals surface area contributed by atoms with E-state index in [0.717, 1.165) is 11.3 Å². The summed E-state index contributed by atoms with van der Waals surface area (Å²) in [5.74, 6) is 0.985. The second kappa shape index (κ2) is 10.9. The van der Waals surface area contributed by atoms with Crippen molar-refractivity contribution in [3.05, 3.63) is 70.8 Å². The van der Waals surface area contributed by atoms with Crippen LogP contribution in [0.15, 0.2) is 59.7 Å². The van der Waals surface area contributed by atoms with Gasteiger partial charge in [-0.05, 0) is 49.4 Å². The lowest BCUT2D eigenvalue weighted by molar-refractivity contribution is -0.123. The molecule has 172 valence electrons. The number of Topliss-reactive ketones (excluding diaryl/α,β-unsaturated/α-hetero) is 1. The molecule has 0 bridgehead atoms. The first-order valence-electron chi connectivity index (χ1n) is 10.2. The number of aromatic nitrogens is 2. The van der Waals surface area contributed by atoms with Gasteiger partial charge < -0.3 is 19.5 Å². The molecule has 1 N–H and O–H groups in total. The smallest absolute Gasteiger partial charge is 0.258 e. The third-order valence-corrected chi connectivity index (χ3v) is 4.87. The van der Waals surface area contributed by atoms with E-state index in [-0.39, 0.29) is 36.9 Å². The molecule has 0 aliphatic heterocycles. The van der Waals surface area contributed by atoms with Crippen LogP contribution in [0.4, 0.5) is 0 Å². The van der Waals surface area contributed by atoms with Crippen molar-refractivity contribution in [3.63, 3.8) is 0 Å². The van der Waals surface area contributed by atoms with Crippen molar-refractivity contribution in [1.82, 2.24) is 14.9 Å². The predicted octanol–water partition coefficient (Wildman–Crippen LogP) is 2.33. The maximum absolute atomic E-state index is 12.4. The molecule has 2 aromatic carbocycles. The van der Waals surface area contributed by atoms with Gasteiger partial charge in [0.2, 0.25) is 0 Å². The molecule has 0 saturated heterocycles. The Morgan fingerprint density at radius 2 is 1.76 bits per heavy atom. The lowest BCUT2D eigenvalue weighted by atomic mass is 10.1. The number of rotatable bonds is 10. The number of nitrogens with one attached hydrogen (secondary N) is 1. The van der Waals surface area contributed by atoms with E-state index in [0.29, 0.717) is 22.8 Å². The van der Waals surface area contributed by atoms with E-state index >= 15 is 0 Å². The molecule has 0 aliphatic carbocycles. The molecule has 0 spiro atoms. The van der Waals surface area contributed by atoms with Gasteiger partial charge in [-0.25, -0.2) is 4.98 Å². The number of ketones is 1. The second-order valence-corrected chi connectivity index (χ2v) is 7.09. The third-order valence-electron chi connectivity index (χ3n) is 4.87. The molecule has 1 amide bonds. The summed E-state index contributed by atoms with van der Waals surface area (Å²) in [5, 5.41) is 2.69. The van der Waals surface area contributed by atoms with Gasteiger partial charge in [0.1, 0.15) is 5.75 Å². The summed E-state index contributed by atoms with van der Waals surface area (Å²) >= 11 is 0. The van der Waals surface area contributed by atoms with Gasteiger partial charge in [-0.3, -0.25) is 19.0 Å². The third kappa shape index (κ3) is 6.19. The Kier molecular flexibility index (Phi) is 7.80. The van der Waals surface area contributed by atoms with Gasteiger partial charge in [0.05, 0.1) is 26.2 Å². The summed E-state index contributed by atoms with van der Waals surface area (Å²) in [4.78, 5) is 40.3. The Hall–Kier alpha value is -4.14. The number of amides is 1. The number of hydrogen-bond acceptors (Lipinski definition) is 7. The molecule has 1 aromatic heterocycles. The zero-order valence-corrected chi connectivity index (χ0v) is 18.7. The van der Waals surface area contributed by atoms with E-state index < -0.39 is 0 Å². The fourth-order valence-corrected chi connectivity index (χ4v) is 3.03. The first kappa shape index (κ1) is 23.5. The highest BCUT2D eigenvalue weighted by molar-refractivity contribution is 5.94. The lowest BCUT2D eigenvalue weighted by Gasteiger charge is -2.12. The Morgan fingerprint density at radius 1 is 1.00 bits per heavy atom. The van der Waals surface area contributed by atoms with Gasteiger partial charge in [-0.1, -0.05) is 0 Å². The van der Waals surface area contributed by atoms with Gasteiger partial charge in [-0.15, -0.1) is 0 Å². The minimum absolute atomic E-state index is 0.0978. The average Bonchev–Trinajstić information content (AvgIpc) is 2.83. The van der Waals surface area contributed by atoms with Crippen LogP contribution in [0.2, 0.25) is 0 Å². The predicted molar refractivity (Wildman–Crippen MR) is 122 cm³/mol. The van der Waals surface area contributed by atoms with Crippen LogP contribution < -0.4 is 25.1 Å². The summed E-state index contributed by atoms with van der Waals surface area (Å²) in [5.41, 5.74) is 1.62. The SMILES string of the molecule is COc1ccc(-c2cc(=O)n(CCNC(=O)COc3ccc(C(C)=O)cc3OC)cn2)cc1. The van der Waals surface area contributed by atoms with E-state index in [2.05, 4.69) is 10.3 Å². The first-order chi connectivity index (χ1) is 15.9. The normalized spacial score (nSPS) is 10.4. The zero-order chi connectivity index (χ0) is 23.8. The molecule has 9 nitrogen and oxygen atoms in total. The molecule has 0 aliphatic rings. The van der Waals surface area contributed by atoms with Crippen molar-refractivity contribution in [2.45, 2.75) is 13.5 Å². The molecule has 3 rings (SSSR count). The fourth-order valence-electron chi connectivity index (χ4n) is 3.03. The van der Waals surface area contributed by atoms with Crippen molar-refractivity contribution in [2.75, 3.05) is 27.4 Å². The number of nitrogens with zero attached hydrogens (tertiary/aromatic N) is 2. The molecule has 0 fully saturated rings. The minimum Gasteiger partial charge on any atom is -0.497 e. The molecule has 33 heavy (non-hydrogen) atoms. The lowest BCUT2D eigenvalue weighted by Crippen LogP contribution is -2.33. The summed E-state index contributed by atoms with van der Waals surface area (Å²) in [6, 6.07) is 13.4. The van der Waals surface area contributed by atoms with E-state index in [1.54, 1.807) is 37.4 Å². The van der Waals surface area contributed by atoms with Crippen LogP contribution in [0.5, 0.6) is 17.2 Å². The highest BCUT2D eigenvalue weighted by Crippen LogP contribution is 2.28. The standard InChI is InChI=1S/C24H25N3O6/c1-16(28)18-6-9-21(22(12-18)32-3)33-14-23(29)25-10-11-27-15-26-20(13-24(27)30)17-4-7-19(31-2)8-5-17/h4-9,12-13,15H,10-11,14H2,1-3H3,(H,25,29). The summed E-state index contributed by atoms with van der Waals surface area (Å²) < 4.78 is 17.3. The summed E-state index contributed by atoms with van der Waals surface area (Å²) in [6.45, 7) is 1.71. The van der Waals surface area contributed by atoms with Crippen LogP contribution in [-0.2, 0) is 11.3 Å². The van der Waals surface area contributed by atoms with Gasteiger partial charge in [0, 0.05) is 30.3 Å². The number of methoxy groups -OCH3 is 2. The zero-order valence-electron chi connectivity index (χ0n) is 18.7. The largest absolute Gasteiger partial charge is 0.497 e. The van der Waals surface area contributed by atoms with Crippen LogP contribution in [-0.4, -0.2) is 48.6 Å². The molecule has 0 saturated carbocycles. The van der Waals surface area contributed by atoms with Crippen LogP contribution in [0.3, 0.4) is 0 Å². The first-order valence-corrected chi connectivity index (χ1v) is 10.2. The number of benzene rings is 2. The minimum atomic E-state index is -0.358. The highest BCUT2D eigenvalue weighted by atomic mass is 16.5. The Balaban J connectivity index is 1.51. The van der Waals surface area contributed by atoms with E-state index in [9.17, 15) is 14.4 Å². The number of ether oxygens (including phenoxy) is 3. The van der Waals surface area contributed by atoms with E-state index in [1.165, 1.54) is 31.0 Å². The van der Waals surface area contributed by atoms with E-state index in [1.807, 2.05) is 12.1 Å². The maximum Gasteiger partial charge on any atom is 0.258 e. The van der Waals surface area contributed by atoms with Crippen LogP contribution in [0.1, 0.15) is 17.3 Å². The number of carbonyl (C=O) groups excluding carboxylic acids is 2. The molecule has 9 heteroatoms.